The van der Waals surface area contributed by atoms with Crippen molar-refractivity contribution in [1.29, 1.82) is 0 Å². The molecule has 0 aromatic carbocycles. The van der Waals surface area contributed by atoms with Crippen molar-refractivity contribution >= 4 is 0 Å². The molecule has 20 heavy (non-hydrogen) atoms. The zero-order valence-corrected chi connectivity index (χ0v) is 13.6. The van der Waals surface area contributed by atoms with E-state index >= 15 is 0 Å². The molecule has 0 aliphatic rings. The summed E-state index contributed by atoms with van der Waals surface area (Å²) in [6, 6.07) is 0. The van der Waals surface area contributed by atoms with E-state index in [-0.39, 0.29) is 0 Å². The second-order valence-corrected chi connectivity index (χ2v) is 5.36. The van der Waals surface area contributed by atoms with Crippen molar-refractivity contribution in [3.05, 3.63) is 23.3 Å². The van der Waals surface area contributed by atoms with Crippen LogP contribution >= 0.6 is 0 Å². The molecule has 0 heterocycles. The highest BCUT2D eigenvalue weighted by Crippen LogP contribution is 2.05. The third-order valence-electron chi connectivity index (χ3n) is 2.96. The minimum Gasteiger partial charge on any atom is -0.329 e. The number of nitrogens with two attached hydrogens (primary N) is 1. The number of hydrogen-bond donors (Lipinski definition) is 4. The lowest BCUT2D eigenvalue weighted by Gasteiger charge is -2.06. The van der Waals surface area contributed by atoms with Crippen LogP contribution in [0, 0.1) is 0 Å². The first-order valence-electron chi connectivity index (χ1n) is 7.78. The van der Waals surface area contributed by atoms with Gasteiger partial charge in [-0.3, -0.25) is 0 Å². The van der Waals surface area contributed by atoms with E-state index in [0.29, 0.717) is 6.54 Å². The first-order valence-corrected chi connectivity index (χ1v) is 7.78. The van der Waals surface area contributed by atoms with Crippen LogP contribution in [0.1, 0.15) is 33.6 Å². The quantitative estimate of drug-likeness (QED) is 0.305. The highest BCUT2D eigenvalue weighted by Gasteiger charge is 1.90. The third kappa shape index (κ3) is 15.4. The van der Waals surface area contributed by atoms with Crippen LogP contribution in [0.25, 0.3) is 0 Å². The van der Waals surface area contributed by atoms with Gasteiger partial charge in [-0.2, -0.15) is 0 Å². The Hall–Kier alpha value is -0.680. The highest BCUT2D eigenvalue weighted by atomic mass is 15.0. The molecule has 0 atom stereocenters. The predicted octanol–water partition coefficient (Wildman–Crippen LogP) is 1.41. The molecule has 0 aromatic heterocycles. The largest absolute Gasteiger partial charge is 0.329 e. The minimum absolute atomic E-state index is 0.709. The molecule has 0 aliphatic heterocycles. The van der Waals surface area contributed by atoms with E-state index in [1.54, 1.807) is 0 Å². The monoisotopic (exact) mass is 282 g/mol. The molecule has 0 amide bonds. The van der Waals surface area contributed by atoms with Crippen molar-refractivity contribution in [1.82, 2.24) is 16.0 Å². The molecule has 5 N–H and O–H groups in total. The van der Waals surface area contributed by atoms with E-state index < -0.39 is 0 Å². The van der Waals surface area contributed by atoms with E-state index in [9.17, 15) is 0 Å². The van der Waals surface area contributed by atoms with E-state index in [1.165, 1.54) is 11.1 Å². The topological polar surface area (TPSA) is 62.1 Å². The molecule has 0 aromatic rings. The van der Waals surface area contributed by atoms with Crippen molar-refractivity contribution in [3.63, 3.8) is 0 Å². The van der Waals surface area contributed by atoms with E-state index in [0.717, 1.165) is 52.1 Å². The van der Waals surface area contributed by atoms with Crippen molar-refractivity contribution in [2.24, 2.45) is 5.73 Å². The van der Waals surface area contributed by atoms with Gasteiger partial charge >= 0.3 is 0 Å². The summed E-state index contributed by atoms with van der Waals surface area (Å²) in [5.74, 6) is 0. The maximum atomic E-state index is 5.39. The number of rotatable bonds is 13. The van der Waals surface area contributed by atoms with Gasteiger partial charge in [0, 0.05) is 45.8 Å². The van der Waals surface area contributed by atoms with Gasteiger partial charge in [0.25, 0.3) is 0 Å². The van der Waals surface area contributed by atoms with Crippen LogP contribution in [-0.2, 0) is 0 Å². The number of nitrogens with one attached hydrogen (secondary N) is 3. The third-order valence-corrected chi connectivity index (χ3v) is 2.96. The fourth-order valence-corrected chi connectivity index (χ4v) is 1.74. The summed E-state index contributed by atoms with van der Waals surface area (Å²) in [5.41, 5.74) is 8.26. The number of hydrogen-bond acceptors (Lipinski definition) is 4. The Bertz CT molecular complexity index is 268. The lowest BCUT2D eigenvalue weighted by molar-refractivity contribution is 0.595. The molecule has 0 rings (SSSR count). The van der Waals surface area contributed by atoms with Crippen LogP contribution in [0.4, 0.5) is 0 Å². The smallest absolute Gasteiger partial charge is 0.0137 e. The molecule has 0 spiro atoms. The second kappa shape index (κ2) is 14.7. The number of allylic oxidation sites excluding steroid dienone is 3. The van der Waals surface area contributed by atoms with E-state index in [2.05, 4.69) is 48.9 Å². The Morgan fingerprint density at radius 1 is 0.850 bits per heavy atom. The fraction of sp³-hybridized carbons (Fsp3) is 0.750. The summed E-state index contributed by atoms with van der Waals surface area (Å²) in [6.07, 6.45) is 6.91. The lowest BCUT2D eigenvalue weighted by atomic mass is 10.1. The van der Waals surface area contributed by atoms with Gasteiger partial charge in [0.2, 0.25) is 0 Å². The van der Waals surface area contributed by atoms with E-state index in [1.807, 2.05) is 0 Å². The van der Waals surface area contributed by atoms with Crippen LogP contribution < -0.4 is 21.7 Å². The van der Waals surface area contributed by atoms with Gasteiger partial charge in [-0.1, -0.05) is 23.3 Å². The van der Waals surface area contributed by atoms with E-state index in [4.69, 9.17) is 5.73 Å². The SMILES string of the molecule is CC(C)=CCCC(C)=CCNCCNCCNCCN. The van der Waals surface area contributed by atoms with Crippen molar-refractivity contribution in [3.8, 4) is 0 Å². The molecular formula is C16H34N4. The first-order chi connectivity index (χ1) is 9.66. The summed E-state index contributed by atoms with van der Waals surface area (Å²) in [5, 5.41) is 10.1. The van der Waals surface area contributed by atoms with Crippen molar-refractivity contribution < 1.29 is 0 Å². The summed E-state index contributed by atoms with van der Waals surface area (Å²) < 4.78 is 0. The van der Waals surface area contributed by atoms with Crippen LogP contribution in [0.2, 0.25) is 0 Å². The van der Waals surface area contributed by atoms with Gasteiger partial charge in [-0.05, 0) is 33.6 Å². The highest BCUT2D eigenvalue weighted by molar-refractivity contribution is 5.02. The van der Waals surface area contributed by atoms with Crippen molar-refractivity contribution in [2.45, 2.75) is 33.6 Å². The first kappa shape index (κ1) is 19.3. The molecule has 0 bridgehead atoms. The molecule has 0 radical (unpaired) electrons. The second-order valence-electron chi connectivity index (χ2n) is 5.36. The summed E-state index contributed by atoms with van der Waals surface area (Å²) >= 11 is 0. The van der Waals surface area contributed by atoms with Gasteiger partial charge in [-0.25, -0.2) is 0 Å². The summed E-state index contributed by atoms with van der Waals surface area (Å²) in [6.45, 7) is 13.1. The normalized spacial score (nSPS) is 11.7. The van der Waals surface area contributed by atoms with Crippen molar-refractivity contribution in [2.75, 3.05) is 45.8 Å². The summed E-state index contributed by atoms with van der Waals surface area (Å²) in [4.78, 5) is 0. The fourth-order valence-electron chi connectivity index (χ4n) is 1.74. The molecule has 4 heteroatoms. The Morgan fingerprint density at radius 2 is 1.45 bits per heavy atom. The molecule has 118 valence electrons. The maximum absolute atomic E-state index is 5.39. The Kier molecular flexibility index (Phi) is 14.2. The molecule has 0 fully saturated rings. The van der Waals surface area contributed by atoms with Gasteiger partial charge in [0.15, 0.2) is 0 Å². The molecule has 4 nitrogen and oxygen atoms in total. The van der Waals surface area contributed by atoms with Crippen LogP contribution in [-0.4, -0.2) is 45.8 Å². The lowest BCUT2D eigenvalue weighted by Crippen LogP contribution is -2.34. The van der Waals surface area contributed by atoms with Crippen LogP contribution in [0.3, 0.4) is 0 Å². The molecule has 0 aliphatic carbocycles. The molecular weight excluding hydrogens is 248 g/mol. The van der Waals surface area contributed by atoms with Crippen LogP contribution in [0.5, 0.6) is 0 Å². The summed E-state index contributed by atoms with van der Waals surface area (Å²) in [7, 11) is 0. The average Bonchev–Trinajstić information content (AvgIpc) is 2.40. The Morgan fingerprint density at radius 3 is 2.05 bits per heavy atom. The average molecular weight is 282 g/mol. The molecule has 0 saturated heterocycles. The van der Waals surface area contributed by atoms with Gasteiger partial charge < -0.3 is 21.7 Å². The minimum atomic E-state index is 0.709. The predicted molar refractivity (Wildman–Crippen MR) is 90.1 cm³/mol. The van der Waals surface area contributed by atoms with Gasteiger partial charge in [-0.15, -0.1) is 0 Å². The van der Waals surface area contributed by atoms with Gasteiger partial charge in [0.1, 0.15) is 0 Å². The standard InChI is InChI=1S/C16H34N4/c1-15(2)5-4-6-16(3)7-9-18-11-13-20-14-12-19-10-8-17/h5,7,18-20H,4,6,8-14,17H2,1-3H3. The molecule has 0 unspecified atom stereocenters. The zero-order valence-electron chi connectivity index (χ0n) is 13.6. The Labute approximate surface area is 125 Å². The Balaban J connectivity index is 3.31. The maximum Gasteiger partial charge on any atom is 0.0137 e. The van der Waals surface area contributed by atoms with Gasteiger partial charge in [0.05, 0.1) is 0 Å². The molecule has 0 saturated carbocycles. The zero-order chi connectivity index (χ0) is 15.1. The van der Waals surface area contributed by atoms with Crippen LogP contribution in [0.15, 0.2) is 23.3 Å².